The van der Waals surface area contributed by atoms with Gasteiger partial charge >= 0.3 is 5.97 Å². The Labute approximate surface area is 157 Å². The van der Waals surface area contributed by atoms with Gasteiger partial charge in [0.2, 0.25) is 5.91 Å². The van der Waals surface area contributed by atoms with Gasteiger partial charge < -0.3 is 15.3 Å². The second-order valence-corrected chi connectivity index (χ2v) is 6.95. The minimum Gasteiger partial charge on any atom is -0.481 e. The number of nitrogens with one attached hydrogen (secondary N) is 1. The van der Waals surface area contributed by atoms with Crippen LogP contribution in [-0.2, 0) is 21.4 Å². The highest BCUT2D eigenvalue weighted by Crippen LogP contribution is 2.29. The van der Waals surface area contributed by atoms with Gasteiger partial charge in [0, 0.05) is 31.3 Å². The molecule has 2 aromatic carbocycles. The SMILES string of the molecule is CC(=O)N1CCc2cc(C(=O)NCC(C)(C(=O)O)c3ccccc3)ccc21. The molecule has 0 saturated heterocycles. The third kappa shape index (κ3) is 3.56. The number of nitrogens with zero attached hydrogens (tertiary/aromatic N) is 1. The molecule has 3 rings (SSSR count). The first kappa shape index (κ1) is 18.6. The zero-order valence-corrected chi connectivity index (χ0v) is 15.4. The smallest absolute Gasteiger partial charge is 0.315 e. The summed E-state index contributed by atoms with van der Waals surface area (Å²) in [6, 6.07) is 14.1. The Hall–Kier alpha value is -3.15. The minimum absolute atomic E-state index is 0.0222. The maximum absolute atomic E-state index is 12.6. The molecule has 1 atom stereocenters. The standard InChI is InChI=1S/C21H22N2O4/c1-14(24)23-11-10-15-12-16(8-9-18(15)23)19(25)22-13-21(2,20(26)27)17-6-4-3-5-7-17/h3-9,12H,10-11,13H2,1-2H3,(H,22,25)(H,26,27). The third-order valence-corrected chi connectivity index (χ3v) is 5.10. The van der Waals surface area contributed by atoms with E-state index < -0.39 is 11.4 Å². The van der Waals surface area contributed by atoms with E-state index in [9.17, 15) is 19.5 Å². The zero-order valence-electron chi connectivity index (χ0n) is 15.4. The van der Waals surface area contributed by atoms with Crippen LogP contribution in [-0.4, -0.2) is 36.0 Å². The van der Waals surface area contributed by atoms with E-state index in [1.807, 2.05) is 6.07 Å². The number of hydrogen-bond acceptors (Lipinski definition) is 3. The Balaban J connectivity index is 1.76. The van der Waals surface area contributed by atoms with Gasteiger partial charge in [0.05, 0.1) is 0 Å². The van der Waals surface area contributed by atoms with Crippen molar-refractivity contribution in [2.24, 2.45) is 0 Å². The first-order chi connectivity index (χ1) is 12.8. The normalized spacial score (nSPS) is 15.0. The topological polar surface area (TPSA) is 86.7 Å². The van der Waals surface area contributed by atoms with Gasteiger partial charge in [-0.2, -0.15) is 0 Å². The van der Waals surface area contributed by atoms with Crippen molar-refractivity contribution in [1.29, 1.82) is 0 Å². The van der Waals surface area contributed by atoms with Crippen LogP contribution in [0, 0.1) is 0 Å². The van der Waals surface area contributed by atoms with E-state index in [0.29, 0.717) is 24.1 Å². The van der Waals surface area contributed by atoms with Crippen LogP contribution in [0.1, 0.15) is 35.3 Å². The summed E-state index contributed by atoms with van der Waals surface area (Å²) >= 11 is 0. The molecule has 1 heterocycles. The summed E-state index contributed by atoms with van der Waals surface area (Å²) in [5.74, 6) is -1.35. The molecule has 0 aromatic heterocycles. The number of aliphatic carboxylic acids is 1. The Morgan fingerprint density at radius 2 is 1.85 bits per heavy atom. The van der Waals surface area contributed by atoms with Gasteiger partial charge in [-0.05, 0) is 42.7 Å². The predicted octanol–water partition coefficient (Wildman–Crippen LogP) is 2.37. The summed E-state index contributed by atoms with van der Waals surface area (Å²) in [5.41, 5.74) is 1.64. The molecular formula is C21H22N2O4. The average Bonchev–Trinajstić information content (AvgIpc) is 3.09. The first-order valence-corrected chi connectivity index (χ1v) is 8.81. The van der Waals surface area contributed by atoms with Crippen molar-refractivity contribution < 1.29 is 19.5 Å². The Morgan fingerprint density at radius 1 is 1.15 bits per heavy atom. The largest absolute Gasteiger partial charge is 0.481 e. The molecule has 140 valence electrons. The molecule has 27 heavy (non-hydrogen) atoms. The first-order valence-electron chi connectivity index (χ1n) is 8.81. The number of carboxylic acids is 1. The second-order valence-electron chi connectivity index (χ2n) is 6.95. The fourth-order valence-electron chi connectivity index (χ4n) is 3.34. The van der Waals surface area contributed by atoms with E-state index in [1.54, 1.807) is 54.3 Å². The van der Waals surface area contributed by atoms with Crippen molar-refractivity contribution in [3.05, 3.63) is 65.2 Å². The minimum atomic E-state index is -1.22. The van der Waals surface area contributed by atoms with Crippen LogP contribution in [0.25, 0.3) is 0 Å². The van der Waals surface area contributed by atoms with Gasteiger partial charge in [0.1, 0.15) is 5.41 Å². The Kier molecular flexibility index (Phi) is 4.99. The van der Waals surface area contributed by atoms with Crippen LogP contribution in [0.15, 0.2) is 48.5 Å². The van der Waals surface area contributed by atoms with Gasteiger partial charge in [-0.25, -0.2) is 0 Å². The molecular weight excluding hydrogens is 344 g/mol. The fraction of sp³-hybridized carbons (Fsp3) is 0.286. The molecule has 0 fully saturated rings. The molecule has 0 spiro atoms. The molecule has 2 amide bonds. The van der Waals surface area contributed by atoms with E-state index in [0.717, 1.165) is 11.3 Å². The van der Waals surface area contributed by atoms with Crippen LogP contribution in [0.4, 0.5) is 5.69 Å². The number of carbonyl (C=O) groups excluding carboxylic acids is 2. The van der Waals surface area contributed by atoms with E-state index in [-0.39, 0.29) is 18.4 Å². The van der Waals surface area contributed by atoms with Gasteiger partial charge in [0.25, 0.3) is 5.91 Å². The Bertz CT molecular complexity index is 894. The number of benzene rings is 2. The lowest BCUT2D eigenvalue weighted by Crippen LogP contribution is -2.44. The van der Waals surface area contributed by atoms with Crippen molar-refractivity contribution in [1.82, 2.24) is 5.32 Å². The number of rotatable bonds is 5. The van der Waals surface area contributed by atoms with Crippen molar-refractivity contribution in [2.45, 2.75) is 25.7 Å². The third-order valence-electron chi connectivity index (χ3n) is 5.10. The number of carboxylic acid groups (broad SMARTS) is 1. The summed E-state index contributed by atoms with van der Waals surface area (Å²) in [7, 11) is 0. The summed E-state index contributed by atoms with van der Waals surface area (Å²) < 4.78 is 0. The van der Waals surface area contributed by atoms with Crippen molar-refractivity contribution in [3.8, 4) is 0 Å². The second kappa shape index (κ2) is 7.23. The lowest BCUT2D eigenvalue weighted by Gasteiger charge is -2.25. The number of hydrogen-bond donors (Lipinski definition) is 2. The molecule has 6 nitrogen and oxygen atoms in total. The van der Waals surface area contributed by atoms with E-state index >= 15 is 0 Å². The van der Waals surface area contributed by atoms with Crippen molar-refractivity contribution in [2.75, 3.05) is 18.0 Å². The summed E-state index contributed by atoms with van der Waals surface area (Å²) in [6.07, 6.45) is 0.701. The molecule has 2 N–H and O–H groups in total. The zero-order chi connectivity index (χ0) is 19.6. The summed E-state index contributed by atoms with van der Waals surface area (Å²) in [5, 5.41) is 12.4. The van der Waals surface area contributed by atoms with E-state index in [4.69, 9.17) is 0 Å². The number of carbonyl (C=O) groups is 3. The van der Waals surface area contributed by atoms with Gasteiger partial charge in [-0.1, -0.05) is 30.3 Å². The van der Waals surface area contributed by atoms with Gasteiger partial charge in [-0.15, -0.1) is 0 Å². The molecule has 2 aromatic rings. The molecule has 1 unspecified atom stereocenters. The van der Waals surface area contributed by atoms with Crippen LogP contribution >= 0.6 is 0 Å². The van der Waals surface area contributed by atoms with Crippen molar-refractivity contribution in [3.63, 3.8) is 0 Å². The summed E-state index contributed by atoms with van der Waals surface area (Å²) in [4.78, 5) is 37.7. The Morgan fingerprint density at radius 3 is 2.48 bits per heavy atom. The van der Waals surface area contributed by atoms with Crippen LogP contribution in [0.2, 0.25) is 0 Å². The maximum Gasteiger partial charge on any atom is 0.315 e. The molecule has 0 radical (unpaired) electrons. The lowest BCUT2D eigenvalue weighted by molar-refractivity contribution is -0.143. The van der Waals surface area contributed by atoms with Crippen LogP contribution in [0.3, 0.4) is 0 Å². The van der Waals surface area contributed by atoms with Crippen LogP contribution in [0.5, 0.6) is 0 Å². The molecule has 1 aliphatic rings. The van der Waals surface area contributed by atoms with E-state index in [2.05, 4.69) is 5.32 Å². The number of fused-ring (bicyclic) bond motifs is 1. The molecule has 0 aliphatic carbocycles. The molecule has 1 aliphatic heterocycles. The highest BCUT2D eigenvalue weighted by Gasteiger charge is 2.35. The molecule has 6 heteroatoms. The van der Waals surface area contributed by atoms with Gasteiger partial charge in [0.15, 0.2) is 0 Å². The number of anilines is 1. The van der Waals surface area contributed by atoms with Gasteiger partial charge in [-0.3, -0.25) is 14.4 Å². The summed E-state index contributed by atoms with van der Waals surface area (Å²) in [6.45, 7) is 3.70. The highest BCUT2D eigenvalue weighted by molar-refractivity contribution is 5.98. The monoisotopic (exact) mass is 366 g/mol. The average molecular weight is 366 g/mol. The molecule has 0 saturated carbocycles. The predicted molar refractivity (Wildman–Crippen MR) is 102 cm³/mol. The quantitative estimate of drug-likeness (QED) is 0.851. The highest BCUT2D eigenvalue weighted by atomic mass is 16.4. The van der Waals surface area contributed by atoms with Crippen LogP contribution < -0.4 is 10.2 Å². The maximum atomic E-state index is 12.6. The fourth-order valence-corrected chi connectivity index (χ4v) is 3.34. The number of amides is 2. The molecule has 0 bridgehead atoms. The van der Waals surface area contributed by atoms with Crippen molar-refractivity contribution >= 4 is 23.5 Å². The van der Waals surface area contributed by atoms with E-state index in [1.165, 1.54) is 6.92 Å². The lowest BCUT2D eigenvalue weighted by atomic mass is 9.82.